The lowest BCUT2D eigenvalue weighted by Crippen LogP contribution is -2.25. The monoisotopic (exact) mass is 399 g/mol. The van der Waals surface area contributed by atoms with Crippen molar-refractivity contribution in [2.75, 3.05) is 5.32 Å². The van der Waals surface area contributed by atoms with Gasteiger partial charge in [-0.25, -0.2) is 9.97 Å². The van der Waals surface area contributed by atoms with E-state index in [-0.39, 0.29) is 18.1 Å². The number of aromatic nitrogens is 3. The Morgan fingerprint density at radius 1 is 1.25 bits per heavy atom. The van der Waals surface area contributed by atoms with Crippen LogP contribution in [0.3, 0.4) is 0 Å². The molecule has 2 heterocycles. The number of hydrogen-bond donors (Lipinski definition) is 2. The average Bonchev–Trinajstić information content (AvgIpc) is 3.38. The number of amides is 1. The third-order valence-electron chi connectivity index (χ3n) is 4.95. The van der Waals surface area contributed by atoms with Gasteiger partial charge in [-0.05, 0) is 31.0 Å². The van der Waals surface area contributed by atoms with Gasteiger partial charge in [0.2, 0.25) is 0 Å². The highest BCUT2D eigenvalue weighted by atomic mass is 35.5. The van der Waals surface area contributed by atoms with E-state index in [9.17, 15) is 4.79 Å². The second kappa shape index (κ2) is 8.14. The molecule has 0 radical (unpaired) electrons. The Kier molecular flexibility index (Phi) is 5.43. The van der Waals surface area contributed by atoms with Crippen molar-refractivity contribution in [2.45, 2.75) is 51.6 Å². The standard InChI is InChI=1S/C20H22ClN5O2/c1-2-14-10-17(26-28-14)20(27)22-11-18-24-16-8-7-12(21)9-15(16)19(25-18)23-13-5-3-4-6-13/h7-10,13H,2-6,11H2,1H3,(H,22,27)(H,23,24,25). The molecule has 3 aromatic rings. The maximum absolute atomic E-state index is 12.3. The van der Waals surface area contributed by atoms with Crippen LogP contribution in [0.2, 0.25) is 5.02 Å². The second-order valence-electron chi connectivity index (χ2n) is 6.99. The van der Waals surface area contributed by atoms with Gasteiger partial charge in [-0.2, -0.15) is 0 Å². The summed E-state index contributed by atoms with van der Waals surface area (Å²) < 4.78 is 5.08. The van der Waals surface area contributed by atoms with Gasteiger partial charge in [0.25, 0.3) is 5.91 Å². The van der Waals surface area contributed by atoms with E-state index >= 15 is 0 Å². The molecule has 0 aliphatic heterocycles. The topological polar surface area (TPSA) is 92.9 Å². The number of hydrogen-bond acceptors (Lipinski definition) is 6. The molecular weight excluding hydrogens is 378 g/mol. The van der Waals surface area contributed by atoms with Gasteiger partial charge in [0.05, 0.1) is 12.1 Å². The molecule has 146 valence electrons. The van der Waals surface area contributed by atoms with Crippen LogP contribution in [0.4, 0.5) is 5.82 Å². The number of carbonyl (C=O) groups is 1. The van der Waals surface area contributed by atoms with Crippen LogP contribution in [-0.4, -0.2) is 27.1 Å². The molecule has 0 spiro atoms. The third-order valence-corrected chi connectivity index (χ3v) is 5.18. The van der Waals surface area contributed by atoms with E-state index in [4.69, 9.17) is 16.1 Å². The molecule has 1 fully saturated rings. The van der Waals surface area contributed by atoms with Crippen molar-refractivity contribution in [1.29, 1.82) is 0 Å². The summed E-state index contributed by atoms with van der Waals surface area (Å²) in [5.74, 6) is 1.65. The number of aryl methyl sites for hydroxylation is 1. The Labute approximate surface area is 167 Å². The molecule has 0 atom stereocenters. The summed E-state index contributed by atoms with van der Waals surface area (Å²) in [6.07, 6.45) is 5.39. The van der Waals surface area contributed by atoms with Gasteiger partial charge >= 0.3 is 0 Å². The van der Waals surface area contributed by atoms with Crippen LogP contribution in [-0.2, 0) is 13.0 Å². The second-order valence-corrected chi connectivity index (χ2v) is 7.43. The maximum atomic E-state index is 12.3. The molecule has 0 saturated heterocycles. The number of carbonyl (C=O) groups excluding carboxylic acids is 1. The van der Waals surface area contributed by atoms with Crippen molar-refractivity contribution in [2.24, 2.45) is 0 Å². The minimum Gasteiger partial charge on any atom is -0.367 e. The van der Waals surface area contributed by atoms with Crippen LogP contribution in [0.15, 0.2) is 28.8 Å². The van der Waals surface area contributed by atoms with Gasteiger partial charge in [-0.3, -0.25) is 4.79 Å². The van der Waals surface area contributed by atoms with Crippen molar-refractivity contribution >= 4 is 34.2 Å². The lowest BCUT2D eigenvalue weighted by atomic mass is 10.2. The summed E-state index contributed by atoms with van der Waals surface area (Å²) in [5.41, 5.74) is 1.05. The summed E-state index contributed by atoms with van der Waals surface area (Å²) in [7, 11) is 0. The summed E-state index contributed by atoms with van der Waals surface area (Å²) in [6, 6.07) is 7.60. The summed E-state index contributed by atoms with van der Waals surface area (Å²) in [5, 5.41) is 11.7. The van der Waals surface area contributed by atoms with E-state index in [2.05, 4.69) is 25.8 Å². The lowest BCUT2D eigenvalue weighted by Gasteiger charge is -2.16. The molecule has 28 heavy (non-hydrogen) atoms. The van der Waals surface area contributed by atoms with Crippen LogP contribution < -0.4 is 10.6 Å². The largest absolute Gasteiger partial charge is 0.367 e. The predicted molar refractivity (Wildman–Crippen MR) is 107 cm³/mol. The molecule has 2 aromatic heterocycles. The Morgan fingerprint density at radius 3 is 2.82 bits per heavy atom. The molecule has 4 rings (SSSR count). The first-order chi connectivity index (χ1) is 13.6. The SMILES string of the molecule is CCc1cc(C(=O)NCc2nc(NC3CCCC3)c3cc(Cl)ccc3n2)no1. The summed E-state index contributed by atoms with van der Waals surface area (Å²) >= 11 is 6.18. The van der Waals surface area contributed by atoms with Gasteiger partial charge in [0.1, 0.15) is 11.6 Å². The Morgan fingerprint density at radius 2 is 2.07 bits per heavy atom. The molecule has 0 unspecified atom stereocenters. The highest BCUT2D eigenvalue weighted by Gasteiger charge is 2.18. The summed E-state index contributed by atoms with van der Waals surface area (Å²) in [6.45, 7) is 2.14. The number of halogens is 1. The molecule has 8 heteroatoms. The van der Waals surface area contributed by atoms with Crippen molar-refractivity contribution in [3.8, 4) is 0 Å². The number of benzene rings is 1. The molecule has 1 saturated carbocycles. The lowest BCUT2D eigenvalue weighted by molar-refractivity contribution is 0.0940. The van der Waals surface area contributed by atoms with Gasteiger partial charge < -0.3 is 15.2 Å². The fourth-order valence-electron chi connectivity index (χ4n) is 3.44. The summed E-state index contributed by atoms with van der Waals surface area (Å²) in [4.78, 5) is 21.5. The quantitative estimate of drug-likeness (QED) is 0.647. The molecule has 1 aromatic carbocycles. The zero-order valence-electron chi connectivity index (χ0n) is 15.7. The van der Waals surface area contributed by atoms with Gasteiger partial charge in [0.15, 0.2) is 11.5 Å². The van der Waals surface area contributed by atoms with E-state index in [0.29, 0.717) is 29.1 Å². The van der Waals surface area contributed by atoms with Crippen LogP contribution in [0.25, 0.3) is 10.9 Å². The zero-order chi connectivity index (χ0) is 19.5. The molecular formula is C20H22ClN5O2. The minimum absolute atomic E-state index is 0.199. The van der Waals surface area contributed by atoms with E-state index < -0.39 is 0 Å². The van der Waals surface area contributed by atoms with Crippen molar-refractivity contribution < 1.29 is 9.32 Å². The van der Waals surface area contributed by atoms with Gasteiger partial charge in [0, 0.05) is 28.9 Å². The van der Waals surface area contributed by atoms with Crippen LogP contribution in [0.5, 0.6) is 0 Å². The van der Waals surface area contributed by atoms with Crippen LogP contribution in [0, 0.1) is 0 Å². The maximum Gasteiger partial charge on any atom is 0.273 e. The fourth-order valence-corrected chi connectivity index (χ4v) is 3.61. The molecule has 2 N–H and O–H groups in total. The van der Waals surface area contributed by atoms with E-state index in [1.54, 1.807) is 12.1 Å². The Hall–Kier alpha value is -2.67. The zero-order valence-corrected chi connectivity index (χ0v) is 16.4. The number of fused-ring (bicyclic) bond motifs is 1. The molecule has 1 aliphatic rings. The van der Waals surface area contributed by atoms with E-state index in [1.165, 1.54) is 12.8 Å². The smallest absolute Gasteiger partial charge is 0.273 e. The normalized spacial score (nSPS) is 14.5. The first-order valence-electron chi connectivity index (χ1n) is 9.59. The van der Waals surface area contributed by atoms with Crippen molar-refractivity contribution in [1.82, 2.24) is 20.4 Å². The average molecular weight is 400 g/mol. The van der Waals surface area contributed by atoms with Crippen molar-refractivity contribution in [3.05, 3.63) is 46.6 Å². The van der Waals surface area contributed by atoms with E-state index in [1.807, 2.05) is 19.1 Å². The fraction of sp³-hybridized carbons (Fsp3) is 0.400. The van der Waals surface area contributed by atoms with E-state index in [0.717, 1.165) is 29.6 Å². The third kappa shape index (κ3) is 4.09. The van der Waals surface area contributed by atoms with Crippen LogP contribution in [0.1, 0.15) is 54.7 Å². The highest BCUT2D eigenvalue weighted by molar-refractivity contribution is 6.31. The highest BCUT2D eigenvalue weighted by Crippen LogP contribution is 2.28. The van der Waals surface area contributed by atoms with Crippen LogP contribution >= 0.6 is 11.6 Å². The first kappa shape index (κ1) is 18.7. The Balaban J connectivity index is 1.56. The number of anilines is 1. The first-order valence-corrected chi connectivity index (χ1v) is 9.96. The molecule has 1 amide bonds. The van der Waals surface area contributed by atoms with Gasteiger partial charge in [-0.1, -0.05) is 36.5 Å². The van der Waals surface area contributed by atoms with Crippen molar-refractivity contribution in [3.63, 3.8) is 0 Å². The minimum atomic E-state index is -0.312. The number of rotatable bonds is 6. The predicted octanol–water partition coefficient (Wildman–Crippen LogP) is 4.12. The molecule has 7 nitrogen and oxygen atoms in total. The molecule has 1 aliphatic carbocycles. The Bertz CT molecular complexity index is 997. The number of nitrogens with one attached hydrogen (secondary N) is 2. The van der Waals surface area contributed by atoms with Gasteiger partial charge in [-0.15, -0.1) is 0 Å². The number of nitrogens with zero attached hydrogens (tertiary/aromatic N) is 3. The molecule has 0 bridgehead atoms.